The molecule has 1 saturated carbocycles. The molecular weight excluding hydrogens is 227 g/mol. The summed E-state index contributed by atoms with van der Waals surface area (Å²) in [7, 11) is 0. The molecular formula is C16H15FO. The molecule has 1 N–H and O–H groups in total. The summed E-state index contributed by atoms with van der Waals surface area (Å²) in [6, 6.07) is 16.8. The highest BCUT2D eigenvalue weighted by atomic mass is 19.1. The van der Waals surface area contributed by atoms with E-state index in [4.69, 9.17) is 0 Å². The molecule has 0 aliphatic heterocycles. The Morgan fingerprint density at radius 1 is 0.833 bits per heavy atom. The van der Waals surface area contributed by atoms with Crippen LogP contribution >= 0.6 is 0 Å². The van der Waals surface area contributed by atoms with Crippen LogP contribution in [-0.2, 0) is 0 Å². The Bertz CT molecular complexity index is 521. The summed E-state index contributed by atoms with van der Waals surface area (Å²) < 4.78 is 12.9. The van der Waals surface area contributed by atoms with E-state index >= 15 is 0 Å². The van der Waals surface area contributed by atoms with Crippen molar-refractivity contribution in [1.82, 2.24) is 0 Å². The lowest BCUT2D eigenvalue weighted by atomic mass is 10.0. The smallest absolute Gasteiger partial charge is 0.123 e. The number of aliphatic hydroxyl groups is 1. The van der Waals surface area contributed by atoms with Crippen molar-refractivity contribution in [1.29, 1.82) is 0 Å². The van der Waals surface area contributed by atoms with E-state index in [1.807, 2.05) is 30.3 Å². The maximum atomic E-state index is 12.9. The first-order valence-electron chi connectivity index (χ1n) is 6.22. The lowest BCUT2D eigenvalue weighted by Crippen LogP contribution is -1.89. The Morgan fingerprint density at radius 2 is 1.39 bits per heavy atom. The summed E-state index contributed by atoms with van der Waals surface area (Å²) in [5.41, 5.74) is 2.37. The van der Waals surface area contributed by atoms with Crippen LogP contribution in [0.5, 0.6) is 0 Å². The van der Waals surface area contributed by atoms with Crippen molar-refractivity contribution in [3.8, 4) is 0 Å². The Balaban J connectivity index is 1.87. The zero-order valence-electron chi connectivity index (χ0n) is 9.96. The topological polar surface area (TPSA) is 20.2 Å². The van der Waals surface area contributed by atoms with Crippen molar-refractivity contribution in [3.05, 3.63) is 71.5 Å². The molecule has 1 fully saturated rings. The fourth-order valence-corrected chi connectivity index (χ4v) is 2.87. The summed E-state index contributed by atoms with van der Waals surface area (Å²) in [5, 5.41) is 9.45. The predicted molar refractivity (Wildman–Crippen MR) is 68.9 cm³/mol. The largest absolute Gasteiger partial charge is 0.396 e. The molecule has 3 rings (SSSR count). The van der Waals surface area contributed by atoms with E-state index in [-0.39, 0.29) is 18.3 Å². The van der Waals surface area contributed by atoms with Gasteiger partial charge < -0.3 is 5.11 Å². The summed E-state index contributed by atoms with van der Waals surface area (Å²) in [4.78, 5) is 0. The number of hydrogen-bond donors (Lipinski definition) is 1. The number of benzene rings is 2. The van der Waals surface area contributed by atoms with E-state index in [0.717, 1.165) is 5.56 Å². The molecule has 18 heavy (non-hydrogen) atoms. The zero-order valence-corrected chi connectivity index (χ0v) is 9.96. The molecule has 0 bridgehead atoms. The maximum Gasteiger partial charge on any atom is 0.123 e. The van der Waals surface area contributed by atoms with Gasteiger partial charge in [0.1, 0.15) is 5.82 Å². The minimum absolute atomic E-state index is 0.182. The van der Waals surface area contributed by atoms with Crippen molar-refractivity contribution in [3.63, 3.8) is 0 Å². The quantitative estimate of drug-likeness (QED) is 0.875. The molecule has 3 atom stereocenters. The molecule has 1 aliphatic rings. The van der Waals surface area contributed by atoms with E-state index in [1.54, 1.807) is 0 Å². The van der Waals surface area contributed by atoms with Crippen molar-refractivity contribution >= 4 is 0 Å². The molecule has 2 heteroatoms. The zero-order chi connectivity index (χ0) is 12.5. The highest BCUT2D eigenvalue weighted by Gasteiger charge is 2.50. The van der Waals surface area contributed by atoms with E-state index in [2.05, 4.69) is 12.1 Å². The molecule has 0 radical (unpaired) electrons. The van der Waals surface area contributed by atoms with Gasteiger partial charge in [0.2, 0.25) is 0 Å². The first-order valence-corrected chi connectivity index (χ1v) is 6.22. The Hall–Kier alpha value is -1.67. The highest BCUT2D eigenvalue weighted by Crippen LogP contribution is 2.60. The van der Waals surface area contributed by atoms with Gasteiger partial charge in [0.15, 0.2) is 0 Å². The van der Waals surface area contributed by atoms with E-state index in [0.29, 0.717) is 11.8 Å². The van der Waals surface area contributed by atoms with Crippen molar-refractivity contribution in [2.24, 2.45) is 5.92 Å². The molecule has 1 nitrogen and oxygen atoms in total. The Labute approximate surface area is 106 Å². The highest BCUT2D eigenvalue weighted by molar-refractivity contribution is 5.39. The van der Waals surface area contributed by atoms with Crippen LogP contribution in [0.15, 0.2) is 54.6 Å². The first-order chi connectivity index (χ1) is 8.81. The molecule has 0 saturated heterocycles. The van der Waals surface area contributed by atoms with Gasteiger partial charge in [-0.3, -0.25) is 0 Å². The van der Waals surface area contributed by atoms with Crippen LogP contribution in [0.2, 0.25) is 0 Å². The molecule has 0 spiro atoms. The Morgan fingerprint density at radius 3 is 1.94 bits per heavy atom. The van der Waals surface area contributed by atoms with Gasteiger partial charge in [0, 0.05) is 6.61 Å². The van der Waals surface area contributed by atoms with Crippen LogP contribution in [0.1, 0.15) is 23.0 Å². The van der Waals surface area contributed by atoms with Crippen LogP contribution in [0.4, 0.5) is 4.39 Å². The molecule has 2 aromatic carbocycles. The second kappa shape index (κ2) is 4.54. The molecule has 2 aromatic rings. The first kappa shape index (κ1) is 11.4. The van der Waals surface area contributed by atoms with Crippen molar-refractivity contribution in [2.75, 3.05) is 6.61 Å². The second-order valence-corrected chi connectivity index (χ2v) is 4.86. The van der Waals surface area contributed by atoms with Gasteiger partial charge >= 0.3 is 0 Å². The average molecular weight is 242 g/mol. The third-order valence-corrected chi connectivity index (χ3v) is 3.82. The summed E-state index contributed by atoms with van der Waals surface area (Å²) in [5.74, 6) is 0.730. The van der Waals surface area contributed by atoms with E-state index < -0.39 is 0 Å². The van der Waals surface area contributed by atoms with Gasteiger partial charge in [-0.25, -0.2) is 4.39 Å². The number of aliphatic hydroxyl groups excluding tert-OH is 1. The number of hydrogen-bond acceptors (Lipinski definition) is 1. The summed E-state index contributed by atoms with van der Waals surface area (Å²) in [6.45, 7) is 0.182. The van der Waals surface area contributed by atoms with Gasteiger partial charge in [0.05, 0.1) is 0 Å². The van der Waals surface area contributed by atoms with Gasteiger partial charge in [-0.05, 0) is 41.0 Å². The molecule has 0 amide bonds. The lowest BCUT2D eigenvalue weighted by Gasteiger charge is -2.00. The van der Waals surface area contributed by atoms with Crippen molar-refractivity contribution < 1.29 is 9.50 Å². The number of halogens is 1. The Kier molecular flexibility index (Phi) is 2.88. The van der Waals surface area contributed by atoms with Gasteiger partial charge in [-0.2, -0.15) is 0 Å². The van der Waals surface area contributed by atoms with Crippen LogP contribution in [0, 0.1) is 11.7 Å². The lowest BCUT2D eigenvalue weighted by molar-refractivity contribution is 0.271. The molecule has 92 valence electrons. The minimum atomic E-state index is -0.212. The van der Waals surface area contributed by atoms with Crippen LogP contribution < -0.4 is 0 Å². The third-order valence-electron chi connectivity index (χ3n) is 3.82. The standard InChI is InChI=1S/C16H15FO/c17-13-8-6-12(7-9-13)16-14(10-18)15(16)11-4-2-1-3-5-11/h1-9,14-16,18H,10H2/t14-,15-,16+/m0/s1. The SMILES string of the molecule is OC[C@@H]1[C@@H](c2ccc(F)cc2)[C@H]1c1ccccc1. The van der Waals surface area contributed by atoms with E-state index in [1.165, 1.54) is 17.7 Å². The molecule has 1 aliphatic carbocycles. The fourth-order valence-electron chi connectivity index (χ4n) is 2.87. The maximum absolute atomic E-state index is 12.9. The fraction of sp³-hybridized carbons (Fsp3) is 0.250. The third kappa shape index (κ3) is 1.93. The molecule has 0 aromatic heterocycles. The van der Waals surface area contributed by atoms with Crippen LogP contribution in [0.3, 0.4) is 0 Å². The predicted octanol–water partition coefficient (Wildman–Crippen LogP) is 3.32. The van der Waals surface area contributed by atoms with Crippen LogP contribution in [0.25, 0.3) is 0 Å². The van der Waals surface area contributed by atoms with Gasteiger partial charge in [-0.15, -0.1) is 0 Å². The normalized spacial score (nSPS) is 26.0. The van der Waals surface area contributed by atoms with Crippen molar-refractivity contribution in [2.45, 2.75) is 11.8 Å². The monoisotopic (exact) mass is 242 g/mol. The number of rotatable bonds is 3. The average Bonchev–Trinajstić information content (AvgIpc) is 3.15. The van der Waals surface area contributed by atoms with Crippen LogP contribution in [-0.4, -0.2) is 11.7 Å². The van der Waals surface area contributed by atoms with Gasteiger partial charge in [0.25, 0.3) is 0 Å². The minimum Gasteiger partial charge on any atom is -0.396 e. The van der Waals surface area contributed by atoms with Gasteiger partial charge in [-0.1, -0.05) is 42.5 Å². The summed E-state index contributed by atoms with van der Waals surface area (Å²) >= 11 is 0. The molecule has 0 heterocycles. The summed E-state index contributed by atoms with van der Waals surface area (Å²) in [6.07, 6.45) is 0. The van der Waals surface area contributed by atoms with E-state index in [9.17, 15) is 9.50 Å². The molecule has 0 unspecified atom stereocenters. The second-order valence-electron chi connectivity index (χ2n) is 4.86.